The Kier molecular flexibility index (Phi) is 7.83. The summed E-state index contributed by atoms with van der Waals surface area (Å²) in [5, 5.41) is 0. The fourth-order valence-electron chi connectivity index (χ4n) is 2.24. The first kappa shape index (κ1) is 22.2. The van der Waals surface area contributed by atoms with Crippen LogP contribution in [0.2, 0.25) is 39.3 Å². The minimum absolute atomic E-state index is 0.412. The molecule has 0 radical (unpaired) electrons. The average Bonchev–Trinajstić information content (AvgIpc) is 2.52. The highest BCUT2D eigenvalue weighted by atomic mass is 28.4. The van der Waals surface area contributed by atoms with Crippen molar-refractivity contribution in [3.05, 3.63) is 47.8 Å². The molecule has 1 aromatic carbocycles. The van der Waals surface area contributed by atoms with Gasteiger partial charge in [-0.2, -0.15) is 0 Å². The highest BCUT2D eigenvalue weighted by Crippen LogP contribution is 2.36. The molecule has 0 aliphatic carbocycles. The van der Waals surface area contributed by atoms with E-state index in [1.165, 1.54) is 0 Å². The van der Waals surface area contributed by atoms with Gasteiger partial charge in [0.2, 0.25) is 16.6 Å². The van der Waals surface area contributed by atoms with Crippen LogP contribution in [-0.2, 0) is 18.3 Å². The standard InChI is InChI=1S/C19H32O5Si2/c1-20-14-17(23-25(4,5)6)18(19(22-3)24-26(7,8)9)15-12-10-11-13-16(15)21-2/h10-14H,1-9H3/b17-14+,19-18-. The molecule has 0 aliphatic heterocycles. The normalized spacial score (nSPS) is 13.7. The maximum atomic E-state index is 6.31. The van der Waals surface area contributed by atoms with Gasteiger partial charge in [-0.3, -0.25) is 0 Å². The van der Waals surface area contributed by atoms with Crippen LogP contribution >= 0.6 is 0 Å². The van der Waals surface area contributed by atoms with Crippen LogP contribution in [0.25, 0.3) is 5.57 Å². The molecule has 0 fully saturated rings. The van der Waals surface area contributed by atoms with Crippen molar-refractivity contribution in [2.75, 3.05) is 21.3 Å². The van der Waals surface area contributed by atoms with E-state index in [4.69, 9.17) is 23.1 Å². The number of methoxy groups -OCH3 is 3. The Morgan fingerprint density at radius 1 is 0.846 bits per heavy atom. The van der Waals surface area contributed by atoms with Crippen LogP contribution < -0.4 is 4.74 Å². The summed E-state index contributed by atoms with van der Waals surface area (Å²) in [4.78, 5) is 0. The van der Waals surface area contributed by atoms with E-state index < -0.39 is 16.6 Å². The highest BCUT2D eigenvalue weighted by molar-refractivity contribution is 6.70. The lowest BCUT2D eigenvalue weighted by atomic mass is 10.0. The van der Waals surface area contributed by atoms with Crippen molar-refractivity contribution in [3.8, 4) is 5.75 Å². The van der Waals surface area contributed by atoms with E-state index in [9.17, 15) is 0 Å². The van der Waals surface area contributed by atoms with Crippen LogP contribution in [0.15, 0.2) is 42.2 Å². The molecule has 0 spiro atoms. The van der Waals surface area contributed by atoms with E-state index in [0.29, 0.717) is 23.0 Å². The monoisotopic (exact) mass is 396 g/mol. The fourth-order valence-corrected chi connectivity index (χ4v) is 3.79. The number of hydrogen-bond acceptors (Lipinski definition) is 5. The third kappa shape index (κ3) is 6.80. The lowest BCUT2D eigenvalue weighted by Gasteiger charge is -2.27. The van der Waals surface area contributed by atoms with Gasteiger partial charge in [-0.1, -0.05) is 18.2 Å². The minimum Gasteiger partial charge on any atom is -0.542 e. The lowest BCUT2D eigenvalue weighted by molar-refractivity contribution is 0.148. The fraction of sp³-hybridized carbons (Fsp3) is 0.474. The summed E-state index contributed by atoms with van der Waals surface area (Å²) in [5.74, 6) is 1.69. The molecule has 0 atom stereocenters. The molecule has 1 rings (SSSR count). The number of rotatable bonds is 9. The molecule has 0 heterocycles. The lowest BCUT2D eigenvalue weighted by Crippen LogP contribution is -2.28. The number of hydrogen-bond donors (Lipinski definition) is 0. The van der Waals surface area contributed by atoms with Crippen LogP contribution in [0.3, 0.4) is 0 Å². The Balaban J connectivity index is 3.72. The van der Waals surface area contributed by atoms with Crippen molar-refractivity contribution in [2.45, 2.75) is 39.3 Å². The summed E-state index contributed by atoms with van der Waals surface area (Å²) in [6.45, 7) is 12.6. The van der Waals surface area contributed by atoms with Crippen molar-refractivity contribution < 1.29 is 23.1 Å². The minimum atomic E-state index is -1.93. The van der Waals surface area contributed by atoms with E-state index in [-0.39, 0.29) is 0 Å². The molecular weight excluding hydrogens is 364 g/mol. The second-order valence-corrected chi connectivity index (χ2v) is 16.6. The molecule has 7 heteroatoms. The van der Waals surface area contributed by atoms with Crippen molar-refractivity contribution >= 4 is 22.2 Å². The summed E-state index contributed by atoms with van der Waals surface area (Å²) in [6, 6.07) is 7.72. The number of para-hydroxylation sites is 1. The van der Waals surface area contributed by atoms with Crippen molar-refractivity contribution in [2.24, 2.45) is 0 Å². The van der Waals surface area contributed by atoms with Crippen molar-refractivity contribution in [3.63, 3.8) is 0 Å². The zero-order valence-corrected chi connectivity index (χ0v) is 19.4. The second kappa shape index (κ2) is 9.18. The van der Waals surface area contributed by atoms with Crippen LogP contribution in [0.1, 0.15) is 5.56 Å². The maximum absolute atomic E-state index is 6.31. The zero-order valence-electron chi connectivity index (χ0n) is 17.4. The molecule has 0 saturated carbocycles. The molecule has 146 valence electrons. The van der Waals surface area contributed by atoms with Gasteiger partial charge in [-0.15, -0.1) is 0 Å². The van der Waals surface area contributed by atoms with Crippen molar-refractivity contribution in [1.82, 2.24) is 0 Å². The molecule has 0 N–H and O–H groups in total. The average molecular weight is 397 g/mol. The summed E-state index contributed by atoms with van der Waals surface area (Å²) in [7, 11) is 0.989. The first-order valence-electron chi connectivity index (χ1n) is 8.55. The van der Waals surface area contributed by atoms with E-state index in [2.05, 4.69) is 39.3 Å². The molecule has 0 amide bonds. The molecule has 0 aliphatic rings. The van der Waals surface area contributed by atoms with Gasteiger partial charge in [0, 0.05) is 5.56 Å². The third-order valence-electron chi connectivity index (χ3n) is 3.05. The molecule has 0 saturated heterocycles. The van der Waals surface area contributed by atoms with Crippen LogP contribution in [0, 0.1) is 0 Å². The Hall–Kier alpha value is -1.87. The Bertz CT molecular complexity index is 655. The quantitative estimate of drug-likeness (QED) is 0.326. The van der Waals surface area contributed by atoms with Gasteiger partial charge in [-0.25, -0.2) is 0 Å². The van der Waals surface area contributed by atoms with Gasteiger partial charge in [0.15, 0.2) is 5.76 Å². The number of allylic oxidation sites excluding steroid dienone is 1. The molecule has 5 nitrogen and oxygen atoms in total. The predicted molar refractivity (Wildman–Crippen MR) is 111 cm³/mol. The van der Waals surface area contributed by atoms with Gasteiger partial charge in [0.1, 0.15) is 17.6 Å². The second-order valence-electron chi connectivity index (χ2n) is 7.71. The van der Waals surface area contributed by atoms with E-state index >= 15 is 0 Å². The smallest absolute Gasteiger partial charge is 0.277 e. The molecule has 1 aromatic rings. The summed E-state index contributed by atoms with van der Waals surface area (Å²) in [5.41, 5.74) is 1.52. The van der Waals surface area contributed by atoms with Gasteiger partial charge in [0.05, 0.1) is 21.3 Å². The number of ether oxygens (including phenoxy) is 3. The highest BCUT2D eigenvalue weighted by Gasteiger charge is 2.29. The molecular formula is C19H32O5Si2. The summed E-state index contributed by atoms with van der Waals surface area (Å²) >= 11 is 0. The third-order valence-corrected chi connectivity index (χ3v) is 4.68. The molecule has 0 bridgehead atoms. The molecule has 0 aromatic heterocycles. The molecule has 26 heavy (non-hydrogen) atoms. The van der Waals surface area contributed by atoms with Crippen LogP contribution in [0.4, 0.5) is 0 Å². The molecule has 0 unspecified atom stereocenters. The summed E-state index contributed by atoms with van der Waals surface area (Å²) < 4.78 is 29.1. The number of benzene rings is 1. The van der Waals surface area contributed by atoms with Crippen molar-refractivity contribution in [1.29, 1.82) is 0 Å². The predicted octanol–water partition coefficient (Wildman–Crippen LogP) is 5.20. The van der Waals surface area contributed by atoms with Crippen LogP contribution in [0.5, 0.6) is 5.75 Å². The van der Waals surface area contributed by atoms with Gasteiger partial charge in [-0.05, 0) is 45.3 Å². The van der Waals surface area contributed by atoms with Gasteiger partial charge in [0.25, 0.3) is 5.95 Å². The Labute approximate surface area is 159 Å². The topological polar surface area (TPSA) is 46.2 Å². The first-order chi connectivity index (χ1) is 12.0. The van der Waals surface area contributed by atoms with Crippen LogP contribution in [-0.4, -0.2) is 38.0 Å². The van der Waals surface area contributed by atoms with Gasteiger partial charge >= 0.3 is 0 Å². The first-order valence-corrected chi connectivity index (χ1v) is 15.4. The van der Waals surface area contributed by atoms with E-state index in [1.807, 2.05) is 24.3 Å². The Morgan fingerprint density at radius 3 is 1.88 bits per heavy atom. The SMILES string of the molecule is CO/C=C(O[Si](C)(C)C)\C(=C(\OC)O[Si](C)(C)C)c1ccccc1OC. The zero-order chi connectivity index (χ0) is 20.0. The van der Waals surface area contributed by atoms with Gasteiger partial charge < -0.3 is 23.1 Å². The van der Waals surface area contributed by atoms with E-state index in [0.717, 1.165) is 5.56 Å². The Morgan fingerprint density at radius 2 is 1.42 bits per heavy atom. The maximum Gasteiger partial charge on any atom is 0.277 e. The largest absolute Gasteiger partial charge is 0.542 e. The summed E-state index contributed by atoms with van der Waals surface area (Å²) in [6.07, 6.45) is 1.59. The van der Waals surface area contributed by atoms with E-state index in [1.54, 1.807) is 27.6 Å².